The summed E-state index contributed by atoms with van der Waals surface area (Å²) in [5, 5.41) is 0. The average Bonchev–Trinajstić information content (AvgIpc) is 2.89. The van der Waals surface area contributed by atoms with Gasteiger partial charge >= 0.3 is 11.9 Å². The number of carbonyl (C=O) groups excluding carboxylic acids is 2. The molecule has 1 aromatic carbocycles. The maximum atomic E-state index is 12.1. The van der Waals surface area contributed by atoms with Crippen molar-refractivity contribution in [3.05, 3.63) is 30.6 Å². The Morgan fingerprint density at radius 2 is 1.90 bits per heavy atom. The van der Waals surface area contributed by atoms with Crippen LogP contribution in [0, 0.1) is 0 Å². The lowest BCUT2D eigenvalue weighted by molar-refractivity contribution is -0.153. The number of benzene rings is 1. The summed E-state index contributed by atoms with van der Waals surface area (Å²) >= 11 is 0. The molecule has 0 unspecified atom stereocenters. The van der Waals surface area contributed by atoms with Crippen LogP contribution in [-0.2, 0) is 19.1 Å². The van der Waals surface area contributed by atoms with Crippen molar-refractivity contribution in [1.82, 2.24) is 9.55 Å². The molecule has 1 aromatic heterocycles. The van der Waals surface area contributed by atoms with Crippen molar-refractivity contribution in [2.24, 2.45) is 0 Å². The van der Waals surface area contributed by atoms with Crippen LogP contribution in [0.4, 0.5) is 0 Å². The van der Waals surface area contributed by atoms with E-state index in [-0.39, 0.29) is 19.6 Å². The lowest BCUT2D eigenvalue weighted by atomic mass is 10.2. The first-order chi connectivity index (χ1) is 10.2. The Hall–Kier alpha value is -2.37. The van der Waals surface area contributed by atoms with Gasteiger partial charge in [0.05, 0.1) is 37.0 Å². The molecule has 6 nitrogen and oxygen atoms in total. The van der Waals surface area contributed by atoms with Crippen molar-refractivity contribution < 1.29 is 19.1 Å². The molecule has 2 aromatic rings. The van der Waals surface area contributed by atoms with Gasteiger partial charge in [0.2, 0.25) is 0 Å². The van der Waals surface area contributed by atoms with Crippen molar-refractivity contribution in [2.45, 2.75) is 26.3 Å². The highest BCUT2D eigenvalue weighted by atomic mass is 16.5. The van der Waals surface area contributed by atoms with E-state index in [0.717, 1.165) is 11.0 Å². The Morgan fingerprint density at radius 3 is 2.62 bits per heavy atom. The van der Waals surface area contributed by atoms with Crippen molar-refractivity contribution in [3.63, 3.8) is 0 Å². The lowest BCUT2D eigenvalue weighted by Crippen LogP contribution is -2.25. The second kappa shape index (κ2) is 6.88. The van der Waals surface area contributed by atoms with E-state index in [9.17, 15) is 9.59 Å². The van der Waals surface area contributed by atoms with E-state index >= 15 is 0 Å². The number of esters is 2. The van der Waals surface area contributed by atoms with Crippen molar-refractivity contribution in [3.8, 4) is 0 Å². The summed E-state index contributed by atoms with van der Waals surface area (Å²) in [5.74, 6) is -0.901. The van der Waals surface area contributed by atoms with Crippen LogP contribution < -0.4 is 0 Å². The van der Waals surface area contributed by atoms with Crippen LogP contribution in [-0.4, -0.2) is 34.7 Å². The topological polar surface area (TPSA) is 70.4 Å². The second-order valence-corrected chi connectivity index (χ2v) is 4.42. The molecule has 0 aliphatic rings. The zero-order valence-electron chi connectivity index (χ0n) is 12.1. The molecule has 1 heterocycles. The number of carbonyl (C=O) groups is 2. The molecule has 0 radical (unpaired) electrons. The van der Waals surface area contributed by atoms with Crippen molar-refractivity contribution >= 4 is 23.0 Å². The van der Waals surface area contributed by atoms with Gasteiger partial charge in [-0.25, -0.2) is 9.78 Å². The number of para-hydroxylation sites is 2. The summed E-state index contributed by atoms with van der Waals surface area (Å²) in [4.78, 5) is 28.1. The maximum absolute atomic E-state index is 12.1. The summed E-state index contributed by atoms with van der Waals surface area (Å²) in [6.45, 7) is 3.99. The van der Waals surface area contributed by atoms with Crippen molar-refractivity contribution in [1.29, 1.82) is 0 Å². The Labute approximate surface area is 122 Å². The summed E-state index contributed by atoms with van der Waals surface area (Å²) < 4.78 is 11.6. The van der Waals surface area contributed by atoms with E-state index in [2.05, 4.69) is 4.98 Å². The van der Waals surface area contributed by atoms with Crippen LogP contribution in [0.5, 0.6) is 0 Å². The molecule has 0 N–H and O–H groups in total. The predicted octanol–water partition coefficient (Wildman–Crippen LogP) is 2.09. The molecular weight excluding hydrogens is 272 g/mol. The molecule has 2 rings (SSSR count). The predicted molar refractivity (Wildman–Crippen MR) is 76.7 cm³/mol. The van der Waals surface area contributed by atoms with Crippen LogP contribution in [0.3, 0.4) is 0 Å². The van der Waals surface area contributed by atoms with Gasteiger partial charge in [-0.1, -0.05) is 12.1 Å². The van der Waals surface area contributed by atoms with Gasteiger partial charge in [0.25, 0.3) is 0 Å². The number of hydrogen-bond donors (Lipinski definition) is 0. The van der Waals surface area contributed by atoms with Gasteiger partial charge in [0.1, 0.15) is 6.04 Å². The Kier molecular flexibility index (Phi) is 4.92. The maximum Gasteiger partial charge on any atom is 0.329 e. The number of imidazole rings is 1. The van der Waals surface area contributed by atoms with Crippen LogP contribution in [0.1, 0.15) is 26.3 Å². The van der Waals surface area contributed by atoms with Crippen LogP contribution in [0.15, 0.2) is 30.6 Å². The second-order valence-electron chi connectivity index (χ2n) is 4.42. The molecule has 0 spiro atoms. The van der Waals surface area contributed by atoms with E-state index < -0.39 is 18.0 Å². The largest absolute Gasteiger partial charge is 0.466 e. The number of hydrogen-bond acceptors (Lipinski definition) is 5. The Balaban J connectivity index is 2.34. The van der Waals surface area contributed by atoms with Gasteiger partial charge in [-0.3, -0.25) is 4.79 Å². The number of aromatic nitrogens is 2. The fourth-order valence-electron chi connectivity index (χ4n) is 2.14. The molecule has 6 heteroatoms. The zero-order valence-corrected chi connectivity index (χ0v) is 12.1. The van der Waals surface area contributed by atoms with Gasteiger partial charge in [-0.15, -0.1) is 0 Å². The minimum Gasteiger partial charge on any atom is -0.466 e. The smallest absolute Gasteiger partial charge is 0.329 e. The first-order valence-corrected chi connectivity index (χ1v) is 6.91. The fourth-order valence-corrected chi connectivity index (χ4v) is 2.14. The molecule has 0 aliphatic carbocycles. The van der Waals surface area contributed by atoms with Gasteiger partial charge < -0.3 is 14.0 Å². The molecule has 0 amide bonds. The highest BCUT2D eigenvalue weighted by Gasteiger charge is 2.27. The highest BCUT2D eigenvalue weighted by Crippen LogP contribution is 2.21. The summed E-state index contributed by atoms with van der Waals surface area (Å²) in [5.41, 5.74) is 1.54. The normalized spacial score (nSPS) is 12.1. The summed E-state index contributed by atoms with van der Waals surface area (Å²) in [6.07, 6.45) is 1.47. The Bertz CT molecular complexity index is 635. The highest BCUT2D eigenvalue weighted by molar-refractivity contribution is 5.84. The van der Waals surface area contributed by atoms with E-state index in [0.29, 0.717) is 0 Å². The molecule has 21 heavy (non-hydrogen) atoms. The molecule has 112 valence electrons. The fraction of sp³-hybridized carbons (Fsp3) is 0.400. The minimum absolute atomic E-state index is 0.0764. The number of fused-ring (bicyclic) bond motifs is 1. The third-order valence-electron chi connectivity index (χ3n) is 3.04. The number of ether oxygens (including phenoxy) is 2. The van der Waals surface area contributed by atoms with E-state index in [4.69, 9.17) is 9.47 Å². The zero-order chi connectivity index (χ0) is 15.2. The lowest BCUT2D eigenvalue weighted by Gasteiger charge is -2.17. The molecule has 0 saturated carbocycles. The standard InChI is InChI=1S/C15H18N2O4/c1-3-20-14(18)9-13(15(19)21-4-2)17-10-16-11-7-5-6-8-12(11)17/h5-8,10,13H,3-4,9H2,1-2H3/t13-/m0/s1. The van der Waals surface area contributed by atoms with Gasteiger partial charge in [0, 0.05) is 0 Å². The van der Waals surface area contributed by atoms with Gasteiger partial charge in [0.15, 0.2) is 0 Å². The summed E-state index contributed by atoms with van der Waals surface area (Å²) in [7, 11) is 0. The van der Waals surface area contributed by atoms with Crippen LogP contribution >= 0.6 is 0 Å². The summed E-state index contributed by atoms with van der Waals surface area (Å²) in [6, 6.07) is 6.65. The minimum atomic E-state index is -0.767. The Morgan fingerprint density at radius 1 is 1.19 bits per heavy atom. The van der Waals surface area contributed by atoms with Crippen LogP contribution in [0.25, 0.3) is 11.0 Å². The van der Waals surface area contributed by atoms with E-state index in [1.807, 2.05) is 24.3 Å². The van der Waals surface area contributed by atoms with E-state index in [1.54, 1.807) is 24.7 Å². The first kappa shape index (κ1) is 15.0. The quantitative estimate of drug-likeness (QED) is 0.762. The molecule has 0 bridgehead atoms. The first-order valence-electron chi connectivity index (χ1n) is 6.91. The SMILES string of the molecule is CCOC(=O)C[C@@H](C(=O)OCC)n1cnc2ccccc21. The monoisotopic (exact) mass is 290 g/mol. The molecule has 1 atom stereocenters. The van der Waals surface area contributed by atoms with Gasteiger partial charge in [-0.05, 0) is 26.0 Å². The average molecular weight is 290 g/mol. The third-order valence-corrected chi connectivity index (χ3v) is 3.04. The van der Waals surface area contributed by atoms with Gasteiger partial charge in [-0.2, -0.15) is 0 Å². The number of nitrogens with zero attached hydrogens (tertiary/aromatic N) is 2. The van der Waals surface area contributed by atoms with Crippen LogP contribution in [0.2, 0.25) is 0 Å². The number of rotatable bonds is 6. The molecular formula is C15H18N2O4. The third kappa shape index (κ3) is 3.39. The van der Waals surface area contributed by atoms with E-state index in [1.165, 1.54) is 0 Å². The molecule has 0 aliphatic heterocycles. The molecule has 0 fully saturated rings. The molecule has 0 saturated heterocycles. The van der Waals surface area contributed by atoms with Crippen molar-refractivity contribution in [2.75, 3.05) is 13.2 Å².